The third-order valence-corrected chi connectivity index (χ3v) is 12.7. The predicted octanol–water partition coefficient (Wildman–Crippen LogP) is 6.11. The summed E-state index contributed by atoms with van der Waals surface area (Å²) in [7, 11) is 0. The number of amides is 2. The summed E-state index contributed by atoms with van der Waals surface area (Å²) in [6, 6.07) is 22.9. The zero-order chi connectivity index (χ0) is 30.3. The molecule has 0 fully saturated rings. The van der Waals surface area contributed by atoms with Gasteiger partial charge in [0.1, 0.15) is 11.6 Å². The second kappa shape index (κ2) is 18.5. The van der Waals surface area contributed by atoms with Gasteiger partial charge in [-0.1, -0.05) is 52.3 Å². The molecule has 0 radical (unpaired) electrons. The summed E-state index contributed by atoms with van der Waals surface area (Å²) in [5.41, 5.74) is 9.94. The van der Waals surface area contributed by atoms with Gasteiger partial charge in [-0.25, -0.2) is 0 Å². The molecule has 42 heavy (non-hydrogen) atoms. The van der Waals surface area contributed by atoms with E-state index in [4.69, 9.17) is 11.1 Å². The van der Waals surface area contributed by atoms with Crippen LogP contribution in [0.25, 0.3) is 0 Å². The van der Waals surface area contributed by atoms with Crippen molar-refractivity contribution in [2.24, 2.45) is 5.73 Å². The fourth-order valence-electron chi connectivity index (χ4n) is 4.32. The maximum atomic E-state index is 13.4. The molecule has 0 aliphatic rings. The molecular formula is C32H36BrIN4O3Po. The van der Waals surface area contributed by atoms with Crippen molar-refractivity contribution in [3.8, 4) is 0 Å². The van der Waals surface area contributed by atoms with Crippen LogP contribution in [-0.2, 0) is 40.4 Å². The molecule has 222 valence electrons. The van der Waals surface area contributed by atoms with Crippen LogP contribution in [0.4, 0.5) is 0 Å². The second-order valence-electron chi connectivity index (χ2n) is 10.1. The molecular weight excluding hydrogens is 904 g/mol. The summed E-state index contributed by atoms with van der Waals surface area (Å²) in [6.45, 7) is 1.33. The van der Waals surface area contributed by atoms with Crippen LogP contribution < -0.4 is 11.1 Å². The van der Waals surface area contributed by atoms with E-state index in [9.17, 15) is 14.4 Å². The Labute approximate surface area is 277 Å². The quantitative estimate of drug-likeness (QED) is 0.0656. The third kappa shape index (κ3) is 12.6. The number of ketones is 1. The molecule has 3 rings (SSSR count). The van der Waals surface area contributed by atoms with Crippen LogP contribution in [0.2, 0.25) is 4.08 Å². The Morgan fingerprint density at radius 3 is 2.19 bits per heavy atom. The fraction of sp³-hybridized carbons (Fsp3) is 0.312. The number of halogens is 2. The first-order valence-corrected chi connectivity index (χ1v) is 25.8. The van der Waals surface area contributed by atoms with Gasteiger partial charge >= 0.3 is 125 Å². The molecule has 0 saturated carbocycles. The first-order chi connectivity index (χ1) is 20.2. The summed E-state index contributed by atoms with van der Waals surface area (Å²) in [5, 5.41) is 10.5. The monoisotopic (exact) mass is 939 g/mol. The summed E-state index contributed by atoms with van der Waals surface area (Å²) >= 11 is 5.86. The molecule has 0 aliphatic heterocycles. The molecule has 0 saturated heterocycles. The van der Waals surface area contributed by atoms with Crippen LogP contribution in [0.3, 0.4) is 0 Å². The van der Waals surface area contributed by atoms with Crippen LogP contribution in [0, 0.1) is 5.41 Å². The summed E-state index contributed by atoms with van der Waals surface area (Å²) < 4.78 is 2.25. The smallest absolute Gasteiger partial charge is 0.0460 e. The van der Waals surface area contributed by atoms with Gasteiger partial charge in [-0.2, -0.15) is 0 Å². The second-order valence-corrected chi connectivity index (χ2v) is 18.9. The van der Waals surface area contributed by atoms with Gasteiger partial charge < -0.3 is 10.6 Å². The number of carbonyl (C=O) groups excluding carboxylic acids is 3. The molecule has 0 atom stereocenters. The van der Waals surface area contributed by atoms with Crippen LogP contribution in [0.1, 0.15) is 59.9 Å². The molecule has 0 unspecified atom stereocenters. The van der Waals surface area contributed by atoms with Gasteiger partial charge in [-0.05, 0) is 23.3 Å². The molecule has 0 spiro atoms. The number of nitrogen functional groups attached to an aromatic ring is 1. The van der Waals surface area contributed by atoms with Gasteiger partial charge in [-0.3, -0.25) is 15.0 Å². The van der Waals surface area contributed by atoms with Crippen molar-refractivity contribution in [3.05, 3.63) is 105 Å². The summed E-state index contributed by atoms with van der Waals surface area (Å²) in [5.74, 6) is -0.0251. The molecule has 0 aromatic heterocycles. The third-order valence-electron chi connectivity index (χ3n) is 6.66. The molecule has 0 heterocycles. The number of carbonyl (C=O) groups is 3. The molecule has 2 amide bonds. The van der Waals surface area contributed by atoms with E-state index in [1.165, 1.54) is 4.08 Å². The number of benzene rings is 3. The Morgan fingerprint density at radius 1 is 0.857 bits per heavy atom. The zero-order valence-corrected chi connectivity index (χ0v) is 30.3. The number of rotatable bonds is 17. The molecule has 7 nitrogen and oxygen atoms in total. The zero-order valence-electron chi connectivity index (χ0n) is 23.4. The number of nitrogens with two attached hydrogens (primary N) is 1. The molecule has 0 bridgehead atoms. The van der Waals surface area contributed by atoms with Gasteiger partial charge in [0.2, 0.25) is 5.91 Å². The van der Waals surface area contributed by atoms with Crippen molar-refractivity contribution >= 4 is 76.7 Å². The van der Waals surface area contributed by atoms with Crippen molar-refractivity contribution in [3.63, 3.8) is 0 Å². The maximum absolute atomic E-state index is 13.4. The maximum Gasteiger partial charge on any atom is 0.0460 e. The van der Waals surface area contributed by atoms with Crippen LogP contribution in [0.5, 0.6) is 0 Å². The van der Waals surface area contributed by atoms with Crippen LogP contribution in [-0.4, -0.2) is 47.7 Å². The number of hydrogen-bond acceptors (Lipinski definition) is 4. The Balaban J connectivity index is 1.58. The summed E-state index contributed by atoms with van der Waals surface area (Å²) in [6.07, 6.45) is 3.19. The Kier molecular flexibility index (Phi) is 15.1. The predicted molar refractivity (Wildman–Crippen MR) is 181 cm³/mol. The average molecular weight is 940 g/mol. The number of unbranched alkanes of at least 4 members (excludes halogenated alkanes) is 1. The first kappa shape index (κ1) is 34.3. The minimum atomic E-state index is -0.170. The van der Waals surface area contributed by atoms with Crippen molar-refractivity contribution < 1.29 is 14.4 Å². The van der Waals surface area contributed by atoms with E-state index in [0.717, 1.165) is 39.6 Å². The SMILES string of the molecule is N=C(N)c1ccc(CC(=O)CCC(=O)N(Cc2ccc(CNC(=O)CCC[CH2][Po][I])cc2)Cc2cccc(Br)c2)cc1. The minimum Gasteiger partial charge on any atom is -0.0608 e. The summed E-state index contributed by atoms with van der Waals surface area (Å²) in [4.78, 5) is 40.0. The van der Waals surface area contributed by atoms with Crippen molar-refractivity contribution in [2.45, 2.75) is 62.2 Å². The number of amidine groups is 1. The number of nitrogens with one attached hydrogen (secondary N) is 2. The van der Waals surface area contributed by atoms with E-state index in [2.05, 4.69) is 39.2 Å². The van der Waals surface area contributed by atoms with Crippen LogP contribution >= 0.6 is 33.9 Å². The first-order valence-electron chi connectivity index (χ1n) is 13.8. The van der Waals surface area contributed by atoms with Gasteiger partial charge in [0.05, 0.1) is 0 Å². The Hall–Kier alpha value is -2.15. The topological polar surface area (TPSA) is 116 Å². The molecule has 10 heteroatoms. The molecule has 3 aromatic rings. The van der Waals surface area contributed by atoms with Crippen molar-refractivity contribution in [1.82, 2.24) is 10.2 Å². The average Bonchev–Trinajstić information content (AvgIpc) is 2.97. The number of nitrogens with zero attached hydrogens (tertiary/aromatic N) is 1. The minimum absolute atomic E-state index is 0.0139. The molecule has 4 N–H and O–H groups in total. The number of Topliss-reactive ketones (excluding diaryl/α,β-unsaturated/α-hetero) is 1. The van der Waals surface area contributed by atoms with E-state index >= 15 is 0 Å². The van der Waals surface area contributed by atoms with E-state index in [-0.39, 0.29) is 62.0 Å². The van der Waals surface area contributed by atoms with Gasteiger partial charge in [0, 0.05) is 35.8 Å². The standard InChI is InChI=1S/C32H36BrN4O3.HI.Po/c1-2-3-7-30(39)36-20-24-8-10-25(11-9-24)21-37(22-26-5-4-6-28(33)18-26)31(40)17-16-29(38)19-23-12-14-27(15-13-23)32(34)35;;/h4-6,8-15,18H,1-3,7,16-17,19-22H2,(H3,34,35)(H,36,39);1H;/q;;+1/p-1. The van der Waals surface area contributed by atoms with Gasteiger partial charge in [0.25, 0.3) is 0 Å². The largest absolute Gasteiger partial charge is 0.0608 e. The normalized spacial score (nSPS) is 10.7. The fourth-order valence-corrected chi connectivity index (χ4v) is 8.72. The Bertz CT molecular complexity index is 1350. The van der Waals surface area contributed by atoms with Gasteiger partial charge in [-0.15, -0.1) is 0 Å². The van der Waals surface area contributed by atoms with E-state index in [1.807, 2.05) is 48.5 Å². The van der Waals surface area contributed by atoms with E-state index < -0.39 is 0 Å². The number of hydrogen-bond donors (Lipinski definition) is 3. The van der Waals surface area contributed by atoms with E-state index in [1.54, 1.807) is 29.2 Å². The Morgan fingerprint density at radius 2 is 1.52 bits per heavy atom. The van der Waals surface area contributed by atoms with Crippen molar-refractivity contribution in [1.29, 1.82) is 5.41 Å². The molecule has 3 aromatic carbocycles. The van der Waals surface area contributed by atoms with Crippen molar-refractivity contribution in [2.75, 3.05) is 0 Å². The van der Waals surface area contributed by atoms with E-state index in [0.29, 0.717) is 31.6 Å². The van der Waals surface area contributed by atoms with Crippen LogP contribution in [0.15, 0.2) is 77.3 Å². The molecule has 0 aliphatic carbocycles. The van der Waals surface area contributed by atoms with Gasteiger partial charge in [0.15, 0.2) is 0 Å².